The molecule has 9 heteroatoms. The number of hydrogen-bond donors (Lipinski definition) is 3. The molecule has 0 aliphatic carbocycles. The van der Waals surface area contributed by atoms with E-state index in [0.29, 0.717) is 11.3 Å². The number of ether oxygens (including phenoxy) is 3. The van der Waals surface area contributed by atoms with Gasteiger partial charge < -0.3 is 30.6 Å². The highest BCUT2D eigenvalue weighted by Crippen LogP contribution is 2.38. The fourth-order valence-corrected chi connectivity index (χ4v) is 2.69. The van der Waals surface area contributed by atoms with Crippen LogP contribution in [0.15, 0.2) is 36.4 Å². The van der Waals surface area contributed by atoms with E-state index in [2.05, 4.69) is 10.6 Å². The van der Waals surface area contributed by atoms with Crippen LogP contribution in [0, 0.1) is 0 Å². The summed E-state index contributed by atoms with van der Waals surface area (Å²) in [6.45, 7) is 5.22. The van der Waals surface area contributed by atoms with Crippen molar-refractivity contribution in [2.24, 2.45) is 5.73 Å². The molecule has 31 heavy (non-hydrogen) atoms. The fraction of sp³-hybridized carbons (Fsp3) is 0.318. The Morgan fingerprint density at radius 1 is 0.968 bits per heavy atom. The lowest BCUT2D eigenvalue weighted by Crippen LogP contribution is -2.40. The smallest absolute Gasteiger partial charge is 0.255 e. The molecule has 2 aromatic rings. The van der Waals surface area contributed by atoms with Gasteiger partial charge in [0.15, 0.2) is 18.1 Å². The Bertz CT molecular complexity index is 956. The minimum atomic E-state index is -0.670. The van der Waals surface area contributed by atoms with Gasteiger partial charge >= 0.3 is 0 Å². The number of nitrogens with two attached hydrogens (primary N) is 1. The van der Waals surface area contributed by atoms with Crippen molar-refractivity contribution in [2.45, 2.75) is 26.3 Å². The normalized spacial score (nSPS) is 10.7. The van der Waals surface area contributed by atoms with Gasteiger partial charge in [0.05, 0.1) is 25.5 Å². The summed E-state index contributed by atoms with van der Waals surface area (Å²) in [6.07, 6.45) is 0. The molecule has 0 atom stereocenters. The zero-order valence-corrected chi connectivity index (χ0v) is 18.2. The molecule has 166 valence electrons. The molecule has 0 aromatic heterocycles. The lowest BCUT2D eigenvalue weighted by molar-refractivity contribution is -0.120. The largest absolute Gasteiger partial charge is 0.493 e. The molecule has 3 amide bonds. The van der Waals surface area contributed by atoms with Gasteiger partial charge in [0.2, 0.25) is 5.75 Å². The average Bonchev–Trinajstić information content (AvgIpc) is 2.70. The van der Waals surface area contributed by atoms with Gasteiger partial charge in [-0.2, -0.15) is 0 Å². The first-order chi connectivity index (χ1) is 14.6. The second-order valence-corrected chi connectivity index (χ2v) is 7.67. The van der Waals surface area contributed by atoms with Gasteiger partial charge in [-0.05, 0) is 45.0 Å². The van der Waals surface area contributed by atoms with Crippen LogP contribution in [0.1, 0.15) is 41.5 Å². The van der Waals surface area contributed by atoms with E-state index in [4.69, 9.17) is 19.9 Å². The summed E-state index contributed by atoms with van der Waals surface area (Å²) in [7, 11) is 2.78. The first kappa shape index (κ1) is 23.5. The predicted molar refractivity (Wildman–Crippen MR) is 116 cm³/mol. The summed E-state index contributed by atoms with van der Waals surface area (Å²) in [5.41, 5.74) is 5.56. The molecule has 9 nitrogen and oxygen atoms in total. The first-order valence-electron chi connectivity index (χ1n) is 9.45. The Morgan fingerprint density at radius 2 is 1.55 bits per heavy atom. The summed E-state index contributed by atoms with van der Waals surface area (Å²) < 4.78 is 15.9. The van der Waals surface area contributed by atoms with Crippen molar-refractivity contribution in [1.29, 1.82) is 0 Å². The van der Waals surface area contributed by atoms with E-state index in [0.717, 1.165) is 0 Å². The standard InChI is InChI=1S/C22H27N3O6/c1-22(2,3)25-21(28)14-8-6-7-9-15(14)24-20(27)13-10-16(29-4)19(17(11-13)30-5)31-12-18(23)26/h6-11H,12H2,1-5H3,(H2,23,26)(H,24,27)(H,25,28). The molecule has 0 bridgehead atoms. The van der Waals surface area contributed by atoms with Crippen LogP contribution in [0.4, 0.5) is 5.69 Å². The van der Waals surface area contributed by atoms with Crippen molar-refractivity contribution in [2.75, 3.05) is 26.1 Å². The maximum atomic E-state index is 12.9. The monoisotopic (exact) mass is 429 g/mol. The van der Waals surface area contributed by atoms with Crippen molar-refractivity contribution < 1.29 is 28.6 Å². The summed E-state index contributed by atoms with van der Waals surface area (Å²) in [5, 5.41) is 5.61. The molecule has 4 N–H and O–H groups in total. The zero-order chi connectivity index (χ0) is 23.2. The Balaban J connectivity index is 2.34. The van der Waals surface area contributed by atoms with E-state index in [1.165, 1.54) is 26.4 Å². The molecule has 2 rings (SSSR count). The van der Waals surface area contributed by atoms with E-state index in [1.54, 1.807) is 24.3 Å². The molecule has 0 saturated heterocycles. The second-order valence-electron chi connectivity index (χ2n) is 7.67. The molecule has 0 aliphatic heterocycles. The number of carbonyl (C=O) groups excluding carboxylic acids is 3. The molecule has 0 radical (unpaired) electrons. The van der Waals surface area contributed by atoms with Crippen LogP contribution in [0.3, 0.4) is 0 Å². The number of amides is 3. The lowest BCUT2D eigenvalue weighted by Gasteiger charge is -2.21. The van der Waals surface area contributed by atoms with Crippen LogP contribution in [0.2, 0.25) is 0 Å². The number of carbonyl (C=O) groups is 3. The minimum absolute atomic E-state index is 0.144. The molecule has 2 aromatic carbocycles. The van der Waals surface area contributed by atoms with Crippen LogP contribution in [-0.2, 0) is 4.79 Å². The Morgan fingerprint density at radius 3 is 2.06 bits per heavy atom. The van der Waals surface area contributed by atoms with Gasteiger partial charge in [0.25, 0.3) is 17.7 Å². The number of anilines is 1. The maximum absolute atomic E-state index is 12.9. The van der Waals surface area contributed by atoms with Crippen molar-refractivity contribution >= 4 is 23.4 Å². The lowest BCUT2D eigenvalue weighted by atomic mass is 10.1. The number of nitrogens with one attached hydrogen (secondary N) is 2. The number of para-hydroxylation sites is 1. The predicted octanol–water partition coefficient (Wildman–Crippen LogP) is 2.35. The van der Waals surface area contributed by atoms with Gasteiger partial charge in [0.1, 0.15) is 0 Å². The van der Waals surface area contributed by atoms with Gasteiger partial charge in [0, 0.05) is 11.1 Å². The zero-order valence-electron chi connectivity index (χ0n) is 18.2. The fourth-order valence-electron chi connectivity index (χ4n) is 2.69. The van der Waals surface area contributed by atoms with E-state index in [1.807, 2.05) is 20.8 Å². The molecule has 0 saturated carbocycles. The minimum Gasteiger partial charge on any atom is -0.493 e. The van der Waals surface area contributed by atoms with Crippen LogP contribution in [0.5, 0.6) is 17.2 Å². The van der Waals surface area contributed by atoms with Crippen LogP contribution in [0.25, 0.3) is 0 Å². The van der Waals surface area contributed by atoms with Crippen molar-refractivity contribution in [3.63, 3.8) is 0 Å². The molecule has 0 fully saturated rings. The Hall–Kier alpha value is -3.75. The Labute approximate surface area is 180 Å². The summed E-state index contributed by atoms with van der Waals surface area (Å²) >= 11 is 0. The van der Waals surface area contributed by atoms with Crippen LogP contribution < -0.4 is 30.6 Å². The highest BCUT2D eigenvalue weighted by Gasteiger charge is 2.21. The topological polar surface area (TPSA) is 129 Å². The first-order valence-corrected chi connectivity index (χ1v) is 9.45. The number of rotatable bonds is 8. The van der Waals surface area contributed by atoms with Crippen molar-refractivity contribution in [3.05, 3.63) is 47.5 Å². The third kappa shape index (κ3) is 6.36. The van der Waals surface area contributed by atoms with Gasteiger partial charge in [-0.1, -0.05) is 12.1 Å². The molecular formula is C22H27N3O6. The van der Waals surface area contributed by atoms with Gasteiger partial charge in [-0.25, -0.2) is 0 Å². The molecule has 0 aliphatic rings. The highest BCUT2D eigenvalue weighted by molar-refractivity contribution is 6.09. The molecule has 0 unspecified atom stereocenters. The summed E-state index contributed by atoms with van der Waals surface area (Å²) in [4.78, 5) is 36.6. The van der Waals surface area contributed by atoms with Gasteiger partial charge in [-0.15, -0.1) is 0 Å². The molecular weight excluding hydrogens is 402 g/mol. The maximum Gasteiger partial charge on any atom is 0.255 e. The Kier molecular flexibility index (Phi) is 7.47. The van der Waals surface area contributed by atoms with Crippen molar-refractivity contribution in [3.8, 4) is 17.2 Å². The van der Waals surface area contributed by atoms with E-state index in [9.17, 15) is 14.4 Å². The van der Waals surface area contributed by atoms with Crippen LogP contribution >= 0.6 is 0 Å². The number of benzene rings is 2. The highest BCUT2D eigenvalue weighted by atomic mass is 16.5. The summed E-state index contributed by atoms with van der Waals surface area (Å²) in [5.74, 6) is -0.960. The third-order valence-corrected chi connectivity index (χ3v) is 3.99. The quantitative estimate of drug-likeness (QED) is 0.591. The van der Waals surface area contributed by atoms with Gasteiger partial charge in [-0.3, -0.25) is 14.4 Å². The second kappa shape index (κ2) is 9.84. The molecule has 0 spiro atoms. The summed E-state index contributed by atoms with van der Waals surface area (Å²) in [6, 6.07) is 9.56. The van der Waals surface area contributed by atoms with E-state index >= 15 is 0 Å². The van der Waals surface area contributed by atoms with E-state index < -0.39 is 17.4 Å². The average molecular weight is 429 g/mol. The number of primary amides is 1. The number of hydrogen-bond acceptors (Lipinski definition) is 6. The molecule has 0 heterocycles. The van der Waals surface area contributed by atoms with E-state index in [-0.39, 0.29) is 35.3 Å². The SMILES string of the molecule is COc1cc(C(=O)Nc2ccccc2C(=O)NC(C)(C)C)cc(OC)c1OCC(N)=O. The third-order valence-electron chi connectivity index (χ3n) is 3.99. The van der Waals surface area contributed by atoms with Crippen LogP contribution in [-0.4, -0.2) is 44.1 Å². The number of methoxy groups -OCH3 is 2. The van der Waals surface area contributed by atoms with Crippen molar-refractivity contribution in [1.82, 2.24) is 5.32 Å².